The number of hydrogen-bond donors (Lipinski definition) is 5. The molecule has 3 aromatic heterocycles. The molecule has 1 saturated heterocycles. The summed E-state index contributed by atoms with van der Waals surface area (Å²) in [6.45, 7) is 0. The lowest BCUT2D eigenvalue weighted by atomic mass is 9.99. The normalized spacial score (nSPS) is 19.2. The van der Waals surface area contributed by atoms with Gasteiger partial charge < -0.3 is 26.1 Å². The fourth-order valence-corrected chi connectivity index (χ4v) is 6.27. The summed E-state index contributed by atoms with van der Waals surface area (Å²) in [5, 5.41) is 29.7. The number of aromatic amines is 1. The van der Waals surface area contributed by atoms with Crippen LogP contribution in [0.5, 0.6) is 0 Å². The number of nitrogens with two attached hydrogens (primary N) is 1. The van der Waals surface area contributed by atoms with Gasteiger partial charge in [-0.25, -0.2) is 14.6 Å². The van der Waals surface area contributed by atoms with Crippen molar-refractivity contribution in [1.82, 2.24) is 20.3 Å². The van der Waals surface area contributed by atoms with Crippen LogP contribution in [0.15, 0.2) is 46.2 Å². The van der Waals surface area contributed by atoms with E-state index in [-0.39, 0.29) is 40.1 Å². The largest absolute Gasteiger partial charge is 0.477 e. The van der Waals surface area contributed by atoms with Crippen LogP contribution in [0, 0.1) is 0 Å². The summed E-state index contributed by atoms with van der Waals surface area (Å²) in [5.41, 5.74) is 7.25. The van der Waals surface area contributed by atoms with Gasteiger partial charge in [-0.1, -0.05) is 9.67 Å². The number of nitrogens with one attached hydrogen (secondary N) is 2. The number of thiazole rings is 1. The highest BCUT2D eigenvalue weighted by molar-refractivity contribution is 8.00. The number of aliphatic carboxylic acids is 1. The van der Waals surface area contributed by atoms with Gasteiger partial charge in [0.25, 0.3) is 11.8 Å². The predicted molar refractivity (Wildman–Crippen MR) is 134 cm³/mol. The van der Waals surface area contributed by atoms with E-state index in [1.54, 1.807) is 18.3 Å². The molecular formula is C22H20N7O7S2+. The lowest BCUT2D eigenvalue weighted by Gasteiger charge is -2.49. The first-order valence-electron chi connectivity index (χ1n) is 11.0. The summed E-state index contributed by atoms with van der Waals surface area (Å²) in [7, 11) is 1.26. The standard InChI is InChI=1S/C22H19N7O7S2/c1-36-27-14(11-8-38-22(23)25-11)17(30)26-15-18(31)28-16(21(34)35)10(7-37-19(15)28)5-9-6-24-29-12(9)3-2-4-13(29)20(32)33/h2-4,6,8,15,19H,5,7H2,1H3,(H5,23,25,26,30,32,33,34,35)/p+1/b27-14-/t15-,19-/m1/s1. The highest BCUT2D eigenvalue weighted by Gasteiger charge is 2.54. The highest BCUT2D eigenvalue weighted by atomic mass is 32.2. The van der Waals surface area contributed by atoms with Gasteiger partial charge in [-0.3, -0.25) is 14.5 Å². The SMILES string of the molecule is CO/N=C(\C(=O)N[C@@H]1C(=O)N2C(C(=O)O)=C(Cc3c[nH][n+]4c(C(=O)O)cccc34)CS[C@H]12)c1csc(N)n1. The molecule has 196 valence electrons. The maximum Gasteiger partial charge on any atom is 0.404 e. The molecule has 2 aliphatic heterocycles. The molecule has 2 amide bonds. The van der Waals surface area contributed by atoms with Gasteiger partial charge in [-0.2, -0.15) is 5.10 Å². The smallest absolute Gasteiger partial charge is 0.404 e. The summed E-state index contributed by atoms with van der Waals surface area (Å²) in [4.78, 5) is 59.7. The molecule has 0 radical (unpaired) electrons. The van der Waals surface area contributed by atoms with Gasteiger partial charge in [0.1, 0.15) is 29.9 Å². The third-order valence-electron chi connectivity index (χ3n) is 6.01. The number of pyridine rings is 1. The Morgan fingerprint density at radius 1 is 1.34 bits per heavy atom. The summed E-state index contributed by atoms with van der Waals surface area (Å²) in [6, 6.07) is 3.77. The topological polar surface area (TPSA) is 204 Å². The Labute approximate surface area is 221 Å². The van der Waals surface area contributed by atoms with Gasteiger partial charge in [-0.15, -0.1) is 23.1 Å². The first-order valence-corrected chi connectivity index (χ1v) is 12.9. The molecule has 0 saturated carbocycles. The Balaban J connectivity index is 1.39. The molecule has 0 aromatic carbocycles. The minimum absolute atomic E-state index is 0.0208. The number of carboxylic acids is 2. The molecule has 3 aromatic rings. The number of fused-ring (bicyclic) bond motifs is 2. The number of hydrogen-bond acceptors (Lipinski definition) is 10. The van der Waals surface area contributed by atoms with E-state index in [0.29, 0.717) is 16.7 Å². The number of H-pyrrole nitrogens is 1. The Bertz CT molecular complexity index is 1560. The zero-order valence-corrected chi connectivity index (χ0v) is 21.2. The van der Waals surface area contributed by atoms with E-state index in [9.17, 15) is 29.4 Å². The van der Waals surface area contributed by atoms with Crippen LogP contribution in [0.4, 0.5) is 5.13 Å². The second kappa shape index (κ2) is 9.79. The van der Waals surface area contributed by atoms with Gasteiger partial charge in [-0.05, 0) is 11.6 Å². The number of amides is 2. The lowest BCUT2D eigenvalue weighted by molar-refractivity contribution is -0.579. The van der Waals surface area contributed by atoms with Crippen LogP contribution in [0.3, 0.4) is 0 Å². The quantitative estimate of drug-likeness (QED) is 0.107. The van der Waals surface area contributed by atoms with Crippen molar-refractivity contribution < 1.29 is 38.7 Å². The van der Waals surface area contributed by atoms with Crippen LogP contribution < -0.4 is 15.6 Å². The van der Waals surface area contributed by atoms with Gasteiger partial charge in [0.05, 0.1) is 11.8 Å². The van der Waals surface area contributed by atoms with Crippen LogP contribution in [0.25, 0.3) is 5.52 Å². The maximum absolute atomic E-state index is 13.1. The average molecular weight is 559 g/mol. The number of anilines is 1. The fourth-order valence-electron chi connectivity index (χ4n) is 4.37. The minimum Gasteiger partial charge on any atom is -0.477 e. The third-order valence-corrected chi connectivity index (χ3v) is 8.02. The van der Waals surface area contributed by atoms with Crippen LogP contribution in [-0.4, -0.2) is 78.9 Å². The predicted octanol–water partition coefficient (Wildman–Crippen LogP) is -0.178. The van der Waals surface area contributed by atoms with Crippen LogP contribution in [-0.2, 0) is 25.6 Å². The minimum atomic E-state index is -1.28. The molecule has 2 aliphatic rings. The number of β-lactam (4-membered cyclic amide) rings is 1. The molecule has 16 heteroatoms. The van der Waals surface area contributed by atoms with E-state index in [0.717, 1.165) is 16.2 Å². The molecular weight excluding hydrogens is 538 g/mol. The van der Waals surface area contributed by atoms with Crippen molar-refractivity contribution in [2.24, 2.45) is 5.16 Å². The second-order valence-electron chi connectivity index (χ2n) is 8.22. The molecule has 0 bridgehead atoms. The zero-order chi connectivity index (χ0) is 27.1. The highest BCUT2D eigenvalue weighted by Crippen LogP contribution is 2.41. The van der Waals surface area contributed by atoms with Crippen LogP contribution in [0.1, 0.15) is 21.7 Å². The third kappa shape index (κ3) is 4.22. The molecule has 0 aliphatic carbocycles. The molecule has 38 heavy (non-hydrogen) atoms. The van der Waals surface area contributed by atoms with E-state index in [1.807, 2.05) is 0 Å². The number of oxime groups is 1. The molecule has 1 fully saturated rings. The fraction of sp³-hybridized carbons (Fsp3) is 0.227. The van der Waals surface area contributed by atoms with E-state index in [2.05, 4.69) is 20.6 Å². The zero-order valence-electron chi connectivity index (χ0n) is 19.6. The molecule has 6 N–H and O–H groups in total. The van der Waals surface area contributed by atoms with Crippen LogP contribution in [0.2, 0.25) is 0 Å². The number of aromatic nitrogens is 3. The van der Waals surface area contributed by atoms with Gasteiger partial charge >= 0.3 is 17.6 Å². The lowest BCUT2D eigenvalue weighted by Crippen LogP contribution is -2.71. The van der Waals surface area contributed by atoms with Gasteiger partial charge in [0.2, 0.25) is 5.52 Å². The maximum atomic E-state index is 13.1. The molecule has 14 nitrogen and oxygen atoms in total. The van der Waals surface area contributed by atoms with Crippen molar-refractivity contribution in [2.75, 3.05) is 18.6 Å². The van der Waals surface area contributed by atoms with E-state index >= 15 is 0 Å². The summed E-state index contributed by atoms with van der Waals surface area (Å²) in [5.74, 6) is -3.41. The Hall–Kier alpha value is -4.44. The van der Waals surface area contributed by atoms with Gasteiger partial charge in [0.15, 0.2) is 10.8 Å². The number of carbonyl (C=O) groups is 4. The number of carbonyl (C=O) groups excluding carboxylic acids is 2. The first-order chi connectivity index (χ1) is 18.2. The number of thioether (sulfide) groups is 1. The van der Waals surface area contributed by atoms with Crippen molar-refractivity contribution in [2.45, 2.75) is 17.8 Å². The molecule has 5 rings (SSSR count). The van der Waals surface area contributed by atoms with E-state index in [4.69, 9.17) is 10.6 Å². The Kier molecular flexibility index (Phi) is 6.50. The van der Waals surface area contributed by atoms with E-state index < -0.39 is 35.2 Å². The van der Waals surface area contributed by atoms with Crippen molar-refractivity contribution in [3.8, 4) is 0 Å². The summed E-state index contributed by atoms with van der Waals surface area (Å²) >= 11 is 2.42. The summed E-state index contributed by atoms with van der Waals surface area (Å²) in [6.07, 6.45) is 1.78. The van der Waals surface area contributed by atoms with Crippen molar-refractivity contribution >= 4 is 63.2 Å². The second-order valence-corrected chi connectivity index (χ2v) is 10.2. The number of nitrogen functional groups attached to an aromatic ring is 1. The Morgan fingerprint density at radius 2 is 2.13 bits per heavy atom. The van der Waals surface area contributed by atoms with Crippen molar-refractivity contribution in [3.63, 3.8) is 0 Å². The van der Waals surface area contributed by atoms with E-state index in [1.165, 1.54) is 34.8 Å². The number of nitrogens with zero attached hydrogens (tertiary/aromatic N) is 4. The molecule has 5 heterocycles. The number of aromatic carboxylic acids is 1. The average Bonchev–Trinajstić information content (AvgIpc) is 3.51. The number of rotatable bonds is 8. The first kappa shape index (κ1) is 25.2. The van der Waals surface area contributed by atoms with Crippen molar-refractivity contribution in [3.05, 3.63) is 58.0 Å². The number of carboxylic acid groups (broad SMARTS) is 2. The molecule has 2 atom stereocenters. The Morgan fingerprint density at radius 3 is 2.79 bits per heavy atom. The molecule has 0 spiro atoms. The van der Waals surface area contributed by atoms with Crippen molar-refractivity contribution in [1.29, 1.82) is 0 Å². The summed E-state index contributed by atoms with van der Waals surface area (Å²) < 4.78 is 1.40. The molecule has 0 unspecified atom stereocenters. The van der Waals surface area contributed by atoms with Gasteiger partial charge in [0, 0.05) is 29.7 Å². The monoisotopic (exact) mass is 558 g/mol. The van der Waals surface area contributed by atoms with Crippen LogP contribution >= 0.6 is 23.1 Å².